The molecule has 1 aliphatic heterocycles. The number of carbonyl (C=O) groups is 1. The van der Waals surface area contributed by atoms with Crippen molar-refractivity contribution >= 4 is 6.03 Å². The minimum Gasteiger partial charge on any atom is -0.497 e. The standard InChI is InChI=1S/C23H31N3O2/c1-4-21(26-14-13-19-7-5-6-8-20(19)17-26)15-24-23(27)25(2)16-18-9-11-22(28-3)12-10-18/h5-12,21H,4,13-17H2,1-3H3,(H,24,27)/t21-/m0/s1. The second kappa shape index (κ2) is 9.60. The summed E-state index contributed by atoms with van der Waals surface area (Å²) in [6, 6.07) is 16.8. The van der Waals surface area contributed by atoms with Gasteiger partial charge in [0.15, 0.2) is 0 Å². The molecule has 5 nitrogen and oxygen atoms in total. The van der Waals surface area contributed by atoms with Crippen molar-refractivity contribution in [2.75, 3.05) is 27.2 Å². The fraction of sp³-hybridized carbons (Fsp3) is 0.435. The van der Waals surface area contributed by atoms with Gasteiger partial charge in [-0.05, 0) is 41.7 Å². The summed E-state index contributed by atoms with van der Waals surface area (Å²) in [5.41, 5.74) is 3.95. The lowest BCUT2D eigenvalue weighted by molar-refractivity contribution is 0.163. The lowest BCUT2D eigenvalue weighted by atomic mass is 9.98. The van der Waals surface area contributed by atoms with E-state index in [0.29, 0.717) is 19.1 Å². The number of amides is 2. The van der Waals surface area contributed by atoms with Gasteiger partial charge in [0.05, 0.1) is 7.11 Å². The topological polar surface area (TPSA) is 44.8 Å². The summed E-state index contributed by atoms with van der Waals surface area (Å²) in [4.78, 5) is 16.8. The molecule has 0 aliphatic carbocycles. The summed E-state index contributed by atoms with van der Waals surface area (Å²) < 4.78 is 5.18. The third-order valence-corrected chi connectivity index (χ3v) is 5.56. The van der Waals surface area contributed by atoms with Crippen molar-refractivity contribution in [3.8, 4) is 5.75 Å². The summed E-state index contributed by atoms with van der Waals surface area (Å²) in [7, 11) is 3.48. The third-order valence-electron chi connectivity index (χ3n) is 5.56. The summed E-state index contributed by atoms with van der Waals surface area (Å²) in [5, 5.41) is 3.12. The number of nitrogens with one attached hydrogen (secondary N) is 1. The maximum atomic E-state index is 12.5. The number of hydrogen-bond donors (Lipinski definition) is 1. The van der Waals surface area contributed by atoms with E-state index in [9.17, 15) is 4.79 Å². The molecule has 2 amide bonds. The molecule has 1 heterocycles. The van der Waals surface area contributed by atoms with Crippen LogP contribution in [0.3, 0.4) is 0 Å². The molecule has 3 rings (SSSR count). The van der Waals surface area contributed by atoms with Crippen LogP contribution in [0.5, 0.6) is 5.75 Å². The highest BCUT2D eigenvalue weighted by molar-refractivity contribution is 5.73. The second-order valence-corrected chi connectivity index (χ2v) is 7.44. The van der Waals surface area contributed by atoms with Crippen LogP contribution in [0.4, 0.5) is 4.79 Å². The number of hydrogen-bond acceptors (Lipinski definition) is 3. The molecule has 28 heavy (non-hydrogen) atoms. The molecule has 0 saturated carbocycles. The zero-order valence-electron chi connectivity index (χ0n) is 17.1. The highest BCUT2D eigenvalue weighted by Gasteiger charge is 2.23. The number of ether oxygens (including phenoxy) is 1. The Morgan fingerprint density at radius 1 is 1.18 bits per heavy atom. The van der Waals surface area contributed by atoms with E-state index >= 15 is 0 Å². The SMILES string of the molecule is CC[C@@H](CNC(=O)N(C)Cc1ccc(OC)cc1)N1CCc2ccccc2C1. The van der Waals surface area contributed by atoms with Crippen LogP contribution >= 0.6 is 0 Å². The monoisotopic (exact) mass is 381 g/mol. The third kappa shape index (κ3) is 5.04. The van der Waals surface area contributed by atoms with Crippen molar-refractivity contribution in [2.45, 2.75) is 38.9 Å². The highest BCUT2D eigenvalue weighted by Crippen LogP contribution is 2.21. The summed E-state index contributed by atoms with van der Waals surface area (Å²) >= 11 is 0. The molecule has 2 aromatic carbocycles. The quantitative estimate of drug-likeness (QED) is 0.796. The first-order valence-corrected chi connectivity index (χ1v) is 10.0. The van der Waals surface area contributed by atoms with Crippen molar-refractivity contribution in [2.24, 2.45) is 0 Å². The van der Waals surface area contributed by atoms with Gasteiger partial charge in [-0.3, -0.25) is 4.90 Å². The van der Waals surface area contributed by atoms with Crippen LogP contribution in [0.25, 0.3) is 0 Å². The van der Waals surface area contributed by atoms with Gasteiger partial charge < -0.3 is 15.0 Å². The van der Waals surface area contributed by atoms with Crippen LogP contribution in [0.1, 0.15) is 30.0 Å². The first kappa shape index (κ1) is 20.2. The van der Waals surface area contributed by atoms with Crippen LogP contribution in [-0.2, 0) is 19.5 Å². The molecule has 0 radical (unpaired) electrons. The summed E-state index contributed by atoms with van der Waals surface area (Å²) in [6.07, 6.45) is 2.10. The van der Waals surface area contributed by atoms with E-state index in [4.69, 9.17) is 4.74 Å². The molecule has 5 heteroatoms. The number of methoxy groups -OCH3 is 1. The number of carbonyl (C=O) groups excluding carboxylic acids is 1. The van der Waals surface area contributed by atoms with E-state index < -0.39 is 0 Å². The average Bonchev–Trinajstić information content (AvgIpc) is 2.74. The van der Waals surface area contributed by atoms with Gasteiger partial charge in [-0.15, -0.1) is 0 Å². The normalized spacial score (nSPS) is 14.8. The second-order valence-electron chi connectivity index (χ2n) is 7.44. The lowest BCUT2D eigenvalue weighted by Gasteiger charge is -2.35. The van der Waals surface area contributed by atoms with Crippen LogP contribution in [0.2, 0.25) is 0 Å². The Balaban J connectivity index is 1.50. The van der Waals surface area contributed by atoms with E-state index in [-0.39, 0.29) is 6.03 Å². The summed E-state index contributed by atoms with van der Waals surface area (Å²) in [5.74, 6) is 0.824. The number of fused-ring (bicyclic) bond motifs is 1. The van der Waals surface area contributed by atoms with E-state index in [1.807, 2.05) is 31.3 Å². The molecule has 1 atom stereocenters. The zero-order valence-corrected chi connectivity index (χ0v) is 17.1. The van der Waals surface area contributed by atoms with Gasteiger partial charge in [0.25, 0.3) is 0 Å². The van der Waals surface area contributed by atoms with Crippen molar-refractivity contribution < 1.29 is 9.53 Å². The van der Waals surface area contributed by atoms with Crippen LogP contribution in [-0.4, -0.2) is 49.1 Å². The number of urea groups is 1. The lowest BCUT2D eigenvalue weighted by Crippen LogP contribution is -2.48. The first-order valence-electron chi connectivity index (χ1n) is 10.0. The van der Waals surface area contributed by atoms with Gasteiger partial charge in [0.1, 0.15) is 5.75 Å². The fourth-order valence-electron chi connectivity index (χ4n) is 3.78. The molecular formula is C23H31N3O2. The van der Waals surface area contributed by atoms with E-state index in [2.05, 4.69) is 41.4 Å². The molecule has 1 N–H and O–H groups in total. The van der Waals surface area contributed by atoms with E-state index in [1.54, 1.807) is 12.0 Å². The predicted octanol–water partition coefficient (Wildman–Crippen LogP) is 3.67. The molecule has 0 saturated heterocycles. The Morgan fingerprint density at radius 3 is 2.57 bits per heavy atom. The van der Waals surface area contributed by atoms with Crippen LogP contribution < -0.4 is 10.1 Å². The smallest absolute Gasteiger partial charge is 0.317 e. The van der Waals surface area contributed by atoms with Gasteiger partial charge in [-0.2, -0.15) is 0 Å². The van der Waals surface area contributed by atoms with Crippen molar-refractivity contribution in [3.63, 3.8) is 0 Å². The predicted molar refractivity (Wildman–Crippen MR) is 112 cm³/mol. The van der Waals surface area contributed by atoms with E-state index in [0.717, 1.165) is 37.2 Å². The van der Waals surface area contributed by atoms with Crippen LogP contribution in [0.15, 0.2) is 48.5 Å². The van der Waals surface area contributed by atoms with E-state index in [1.165, 1.54) is 11.1 Å². The molecule has 0 unspecified atom stereocenters. The van der Waals surface area contributed by atoms with Gasteiger partial charge in [-0.25, -0.2) is 4.79 Å². The fourth-order valence-corrected chi connectivity index (χ4v) is 3.78. The van der Waals surface area contributed by atoms with Gasteiger partial charge in [0, 0.05) is 39.3 Å². The molecule has 0 fully saturated rings. The molecule has 2 aromatic rings. The minimum atomic E-state index is -0.0355. The van der Waals surface area contributed by atoms with Gasteiger partial charge in [-0.1, -0.05) is 43.3 Å². The first-order chi connectivity index (χ1) is 13.6. The maximum Gasteiger partial charge on any atom is 0.317 e. The largest absolute Gasteiger partial charge is 0.497 e. The molecule has 150 valence electrons. The molecule has 0 bridgehead atoms. The Hall–Kier alpha value is -2.53. The Kier molecular flexibility index (Phi) is 6.93. The average molecular weight is 382 g/mol. The highest BCUT2D eigenvalue weighted by atomic mass is 16.5. The Labute approximate surface area is 168 Å². The Morgan fingerprint density at radius 2 is 1.89 bits per heavy atom. The molecular weight excluding hydrogens is 350 g/mol. The minimum absolute atomic E-state index is 0.0355. The van der Waals surface area contributed by atoms with Crippen molar-refractivity contribution in [3.05, 3.63) is 65.2 Å². The molecule has 1 aliphatic rings. The molecule has 0 aromatic heterocycles. The van der Waals surface area contributed by atoms with Gasteiger partial charge >= 0.3 is 6.03 Å². The number of nitrogens with zero attached hydrogens (tertiary/aromatic N) is 2. The van der Waals surface area contributed by atoms with Gasteiger partial charge in [0.2, 0.25) is 0 Å². The van der Waals surface area contributed by atoms with Crippen LogP contribution in [0, 0.1) is 0 Å². The number of benzene rings is 2. The zero-order chi connectivity index (χ0) is 19.9. The Bertz CT molecular complexity index is 776. The number of rotatable bonds is 7. The summed E-state index contributed by atoms with van der Waals surface area (Å²) in [6.45, 7) is 5.45. The van der Waals surface area contributed by atoms with Crippen molar-refractivity contribution in [1.82, 2.24) is 15.1 Å². The van der Waals surface area contributed by atoms with Crippen molar-refractivity contribution in [1.29, 1.82) is 0 Å². The maximum absolute atomic E-state index is 12.5. The molecule has 0 spiro atoms.